The monoisotopic (exact) mass is 280 g/mol. The van der Waals surface area contributed by atoms with Crippen LogP contribution in [0.25, 0.3) is 0 Å². The SMILES string of the molecule is CC(C)(C)OC(=O)CC1(C(O)C(=O)O)CC(F)(F)C1. The number of carboxylic acid groups (broad SMARTS) is 1. The molecule has 0 spiro atoms. The zero-order chi connectivity index (χ0) is 15.1. The van der Waals surface area contributed by atoms with Crippen molar-refractivity contribution in [2.24, 2.45) is 5.41 Å². The molecule has 1 rings (SSSR count). The summed E-state index contributed by atoms with van der Waals surface area (Å²) in [5.74, 6) is -5.44. The molecule has 2 N–H and O–H groups in total. The maximum absolute atomic E-state index is 13.0. The van der Waals surface area contributed by atoms with Crippen LogP contribution in [0.1, 0.15) is 40.0 Å². The van der Waals surface area contributed by atoms with Crippen LogP contribution in [0.3, 0.4) is 0 Å². The van der Waals surface area contributed by atoms with E-state index < -0.39 is 54.2 Å². The second-order valence-electron chi connectivity index (χ2n) is 6.08. The highest BCUT2D eigenvalue weighted by molar-refractivity contribution is 5.77. The van der Waals surface area contributed by atoms with Gasteiger partial charge in [-0.3, -0.25) is 4.79 Å². The largest absolute Gasteiger partial charge is 0.479 e. The van der Waals surface area contributed by atoms with Crippen LogP contribution in [0.2, 0.25) is 0 Å². The van der Waals surface area contributed by atoms with Crippen LogP contribution in [0.15, 0.2) is 0 Å². The first kappa shape index (κ1) is 15.8. The fourth-order valence-electron chi connectivity index (χ4n) is 2.32. The van der Waals surface area contributed by atoms with Gasteiger partial charge in [0.2, 0.25) is 5.92 Å². The Morgan fingerprint density at radius 3 is 2.11 bits per heavy atom. The summed E-state index contributed by atoms with van der Waals surface area (Å²) in [5.41, 5.74) is -2.43. The smallest absolute Gasteiger partial charge is 0.333 e. The molecular formula is C12H18F2O5. The number of halogens is 2. The number of hydrogen-bond donors (Lipinski definition) is 2. The average molecular weight is 280 g/mol. The lowest BCUT2D eigenvalue weighted by atomic mass is 9.60. The molecule has 1 unspecified atom stereocenters. The summed E-state index contributed by atoms with van der Waals surface area (Å²) in [6.07, 6.45) is -4.19. The molecule has 0 bridgehead atoms. The Hall–Kier alpha value is -1.24. The van der Waals surface area contributed by atoms with E-state index in [0.717, 1.165) is 0 Å². The molecule has 0 amide bonds. The standard InChI is InChI=1S/C12H18F2O5/c1-10(2,3)19-7(15)4-11(8(16)9(17)18)5-12(13,14)6-11/h8,16H,4-6H2,1-3H3,(H,17,18). The summed E-state index contributed by atoms with van der Waals surface area (Å²) in [6, 6.07) is 0. The van der Waals surface area contributed by atoms with Gasteiger partial charge < -0.3 is 14.9 Å². The number of ether oxygens (including phenoxy) is 1. The minimum absolute atomic E-state index is 0.534. The Morgan fingerprint density at radius 2 is 1.79 bits per heavy atom. The molecule has 0 radical (unpaired) electrons. The molecule has 7 heteroatoms. The fourth-order valence-corrected chi connectivity index (χ4v) is 2.32. The molecule has 0 aromatic rings. The van der Waals surface area contributed by atoms with E-state index in [0.29, 0.717) is 0 Å². The van der Waals surface area contributed by atoms with Crippen LogP contribution < -0.4 is 0 Å². The Bertz CT molecular complexity index is 378. The van der Waals surface area contributed by atoms with Gasteiger partial charge >= 0.3 is 11.9 Å². The molecule has 1 fully saturated rings. The number of alkyl halides is 2. The lowest BCUT2D eigenvalue weighted by molar-refractivity contribution is -0.215. The minimum Gasteiger partial charge on any atom is -0.479 e. The Morgan fingerprint density at radius 1 is 1.32 bits per heavy atom. The zero-order valence-electron chi connectivity index (χ0n) is 11.1. The molecule has 1 saturated carbocycles. The highest BCUT2D eigenvalue weighted by atomic mass is 19.3. The molecule has 0 aliphatic heterocycles. The first-order valence-corrected chi connectivity index (χ1v) is 5.87. The number of aliphatic hydroxyl groups is 1. The van der Waals surface area contributed by atoms with Gasteiger partial charge in [0.15, 0.2) is 6.10 Å². The van der Waals surface area contributed by atoms with E-state index in [4.69, 9.17) is 9.84 Å². The molecule has 110 valence electrons. The highest BCUT2D eigenvalue weighted by Gasteiger charge is 2.62. The second kappa shape index (κ2) is 4.70. The van der Waals surface area contributed by atoms with Crippen molar-refractivity contribution < 1.29 is 33.3 Å². The van der Waals surface area contributed by atoms with Crippen LogP contribution in [0.4, 0.5) is 8.78 Å². The number of hydrogen-bond acceptors (Lipinski definition) is 4. The molecular weight excluding hydrogens is 262 g/mol. The summed E-state index contributed by atoms with van der Waals surface area (Å²) >= 11 is 0. The highest BCUT2D eigenvalue weighted by Crippen LogP contribution is 2.56. The number of carbonyl (C=O) groups excluding carboxylic acids is 1. The topological polar surface area (TPSA) is 83.8 Å². The van der Waals surface area contributed by atoms with Crippen LogP contribution >= 0.6 is 0 Å². The third-order valence-electron chi connectivity index (χ3n) is 2.95. The summed E-state index contributed by atoms with van der Waals surface area (Å²) < 4.78 is 31.0. The Kier molecular flexibility index (Phi) is 3.91. The minimum atomic E-state index is -3.04. The normalized spacial score (nSPS) is 22.2. The summed E-state index contributed by atoms with van der Waals surface area (Å²) in [4.78, 5) is 22.4. The maximum atomic E-state index is 13.0. The van der Waals surface area contributed by atoms with Crippen LogP contribution in [-0.2, 0) is 14.3 Å². The number of carboxylic acids is 1. The number of rotatable bonds is 4. The van der Waals surface area contributed by atoms with E-state index >= 15 is 0 Å². The number of esters is 1. The van der Waals surface area contributed by atoms with E-state index in [1.807, 2.05) is 0 Å². The van der Waals surface area contributed by atoms with Gasteiger partial charge in [0.1, 0.15) is 5.60 Å². The summed E-state index contributed by atoms with van der Waals surface area (Å²) in [6.45, 7) is 4.84. The van der Waals surface area contributed by atoms with Gasteiger partial charge in [-0.1, -0.05) is 0 Å². The van der Waals surface area contributed by atoms with Crippen molar-refractivity contribution in [1.82, 2.24) is 0 Å². The van der Waals surface area contributed by atoms with Crippen LogP contribution in [-0.4, -0.2) is 39.8 Å². The van der Waals surface area contributed by atoms with Crippen molar-refractivity contribution in [3.8, 4) is 0 Å². The van der Waals surface area contributed by atoms with E-state index in [-0.39, 0.29) is 0 Å². The van der Waals surface area contributed by atoms with Crippen molar-refractivity contribution >= 4 is 11.9 Å². The van der Waals surface area contributed by atoms with Crippen LogP contribution in [0.5, 0.6) is 0 Å². The molecule has 0 aromatic heterocycles. The Labute approximate surface area is 109 Å². The first-order chi connectivity index (χ1) is 8.37. The summed E-state index contributed by atoms with van der Waals surface area (Å²) in [7, 11) is 0. The number of aliphatic carboxylic acids is 1. The molecule has 0 aromatic carbocycles. The fraction of sp³-hybridized carbons (Fsp3) is 0.833. The third-order valence-corrected chi connectivity index (χ3v) is 2.95. The quantitative estimate of drug-likeness (QED) is 0.764. The number of aliphatic hydroxyl groups excluding tert-OH is 1. The zero-order valence-corrected chi connectivity index (χ0v) is 11.1. The van der Waals surface area contributed by atoms with Crippen molar-refractivity contribution in [3.05, 3.63) is 0 Å². The predicted octanol–water partition coefficient (Wildman–Crippen LogP) is 1.58. The van der Waals surface area contributed by atoms with E-state index in [2.05, 4.69) is 0 Å². The van der Waals surface area contributed by atoms with Gasteiger partial charge in [-0.25, -0.2) is 13.6 Å². The second-order valence-corrected chi connectivity index (χ2v) is 6.08. The molecule has 1 aliphatic carbocycles. The lowest BCUT2D eigenvalue weighted by Gasteiger charge is -2.48. The van der Waals surface area contributed by atoms with Crippen molar-refractivity contribution in [3.63, 3.8) is 0 Å². The molecule has 1 aliphatic rings. The van der Waals surface area contributed by atoms with Gasteiger partial charge in [0.25, 0.3) is 0 Å². The van der Waals surface area contributed by atoms with Gasteiger partial charge in [0, 0.05) is 18.3 Å². The molecule has 19 heavy (non-hydrogen) atoms. The number of carbonyl (C=O) groups is 2. The Balaban J connectivity index is 2.78. The lowest BCUT2D eigenvalue weighted by Crippen LogP contribution is -2.56. The summed E-state index contributed by atoms with van der Waals surface area (Å²) in [5, 5.41) is 18.3. The molecule has 0 saturated heterocycles. The van der Waals surface area contributed by atoms with Gasteiger partial charge in [-0.05, 0) is 20.8 Å². The first-order valence-electron chi connectivity index (χ1n) is 5.87. The van der Waals surface area contributed by atoms with Gasteiger partial charge in [-0.2, -0.15) is 0 Å². The van der Waals surface area contributed by atoms with E-state index in [1.165, 1.54) is 0 Å². The molecule has 0 heterocycles. The third kappa shape index (κ3) is 3.86. The van der Waals surface area contributed by atoms with Crippen molar-refractivity contribution in [2.75, 3.05) is 0 Å². The molecule has 1 atom stereocenters. The van der Waals surface area contributed by atoms with Crippen molar-refractivity contribution in [2.45, 2.75) is 57.7 Å². The molecule has 5 nitrogen and oxygen atoms in total. The predicted molar refractivity (Wildman–Crippen MR) is 60.7 cm³/mol. The van der Waals surface area contributed by atoms with Crippen LogP contribution in [0, 0.1) is 5.41 Å². The van der Waals surface area contributed by atoms with E-state index in [1.54, 1.807) is 20.8 Å². The maximum Gasteiger partial charge on any atom is 0.333 e. The average Bonchev–Trinajstić information content (AvgIpc) is 2.09. The van der Waals surface area contributed by atoms with Crippen molar-refractivity contribution in [1.29, 1.82) is 0 Å². The van der Waals surface area contributed by atoms with Gasteiger partial charge in [-0.15, -0.1) is 0 Å². The van der Waals surface area contributed by atoms with E-state index in [9.17, 15) is 23.5 Å². The van der Waals surface area contributed by atoms with Gasteiger partial charge in [0.05, 0.1) is 6.42 Å².